The molecule has 1 aromatic rings. The largest absolute Gasteiger partial charge is 0.480 e. The normalized spacial score (nSPS) is 19.9. The van der Waals surface area contributed by atoms with Crippen LogP contribution in [0.2, 0.25) is 0 Å². The lowest BCUT2D eigenvalue weighted by molar-refractivity contribution is 0.0934. The van der Waals surface area contributed by atoms with Crippen LogP contribution in [0.5, 0.6) is 5.88 Å². The van der Waals surface area contributed by atoms with Gasteiger partial charge in [-0.3, -0.25) is 4.98 Å². The first-order chi connectivity index (χ1) is 8.85. The van der Waals surface area contributed by atoms with Gasteiger partial charge in [0, 0.05) is 13.1 Å². The van der Waals surface area contributed by atoms with Gasteiger partial charge in [0.05, 0.1) is 38.8 Å². The lowest BCUT2D eigenvalue weighted by atomic mass is 10.2. The van der Waals surface area contributed by atoms with Crippen LogP contribution in [-0.2, 0) is 4.74 Å². The first kappa shape index (κ1) is 13.0. The van der Waals surface area contributed by atoms with Gasteiger partial charge in [-0.1, -0.05) is 6.92 Å². The maximum absolute atomic E-state index is 5.53. The summed E-state index contributed by atoms with van der Waals surface area (Å²) in [6.45, 7) is 6.20. The van der Waals surface area contributed by atoms with E-state index >= 15 is 0 Å². The Hall–Kier alpha value is -1.40. The van der Waals surface area contributed by atoms with E-state index < -0.39 is 0 Å². The maximum atomic E-state index is 5.53. The molecule has 1 aliphatic heterocycles. The molecule has 0 saturated carbocycles. The number of anilines is 1. The first-order valence-corrected chi connectivity index (χ1v) is 6.26. The molecule has 1 N–H and O–H groups in total. The van der Waals surface area contributed by atoms with E-state index in [1.165, 1.54) is 0 Å². The van der Waals surface area contributed by atoms with Crippen molar-refractivity contribution in [2.24, 2.45) is 0 Å². The smallest absolute Gasteiger partial charge is 0.233 e. The van der Waals surface area contributed by atoms with E-state index in [0.29, 0.717) is 18.5 Å². The molecule has 0 bridgehead atoms. The highest BCUT2D eigenvalue weighted by Gasteiger charge is 2.24. The van der Waals surface area contributed by atoms with Crippen LogP contribution in [0.25, 0.3) is 0 Å². The van der Waals surface area contributed by atoms with Crippen LogP contribution in [0.15, 0.2) is 12.4 Å². The number of methoxy groups -OCH3 is 1. The molecule has 2 rings (SSSR count). The summed E-state index contributed by atoms with van der Waals surface area (Å²) in [4.78, 5) is 10.8. The summed E-state index contributed by atoms with van der Waals surface area (Å²) in [5.74, 6) is 1.39. The molecule has 6 nitrogen and oxygen atoms in total. The molecule has 1 atom stereocenters. The van der Waals surface area contributed by atoms with E-state index in [4.69, 9.17) is 9.47 Å². The number of hydrogen-bond donors (Lipinski definition) is 1. The van der Waals surface area contributed by atoms with Crippen molar-refractivity contribution in [2.75, 3.05) is 44.9 Å². The Bertz CT molecular complexity index is 375. The van der Waals surface area contributed by atoms with E-state index in [1.54, 1.807) is 19.5 Å². The minimum absolute atomic E-state index is 0.292. The van der Waals surface area contributed by atoms with Crippen molar-refractivity contribution in [2.45, 2.75) is 13.0 Å². The molecule has 0 aliphatic carbocycles. The van der Waals surface area contributed by atoms with Gasteiger partial charge in [-0.05, 0) is 6.54 Å². The van der Waals surface area contributed by atoms with Gasteiger partial charge in [-0.15, -0.1) is 0 Å². The number of aromatic nitrogens is 2. The SMILES string of the molecule is CCNCC1COCCN1c1cncc(OC)n1. The summed E-state index contributed by atoms with van der Waals surface area (Å²) in [5.41, 5.74) is 0. The zero-order valence-electron chi connectivity index (χ0n) is 10.9. The van der Waals surface area contributed by atoms with E-state index in [0.717, 1.165) is 32.1 Å². The molecule has 1 aromatic heterocycles. The summed E-state index contributed by atoms with van der Waals surface area (Å²) in [7, 11) is 1.60. The second-order valence-electron chi connectivity index (χ2n) is 4.15. The molecule has 0 aromatic carbocycles. The van der Waals surface area contributed by atoms with Crippen molar-refractivity contribution >= 4 is 5.82 Å². The third-order valence-electron chi connectivity index (χ3n) is 2.96. The fraction of sp³-hybridized carbons (Fsp3) is 0.667. The summed E-state index contributed by atoms with van der Waals surface area (Å²) in [6.07, 6.45) is 3.38. The number of rotatable bonds is 5. The van der Waals surface area contributed by atoms with Gasteiger partial charge < -0.3 is 19.7 Å². The molecule has 0 spiro atoms. The minimum Gasteiger partial charge on any atom is -0.480 e. The summed E-state index contributed by atoms with van der Waals surface area (Å²) >= 11 is 0. The van der Waals surface area contributed by atoms with Gasteiger partial charge in [0.2, 0.25) is 5.88 Å². The lowest BCUT2D eigenvalue weighted by Crippen LogP contribution is -2.51. The highest BCUT2D eigenvalue weighted by Crippen LogP contribution is 2.18. The van der Waals surface area contributed by atoms with Crippen LogP contribution in [0.4, 0.5) is 5.82 Å². The number of hydrogen-bond acceptors (Lipinski definition) is 6. The van der Waals surface area contributed by atoms with Crippen LogP contribution in [0, 0.1) is 0 Å². The number of ether oxygens (including phenoxy) is 2. The Balaban J connectivity index is 2.11. The molecule has 1 aliphatic rings. The van der Waals surface area contributed by atoms with Gasteiger partial charge >= 0.3 is 0 Å². The zero-order chi connectivity index (χ0) is 12.8. The molecule has 0 amide bonds. The Kier molecular flexibility index (Phi) is 4.72. The van der Waals surface area contributed by atoms with Crippen LogP contribution >= 0.6 is 0 Å². The molecule has 6 heteroatoms. The highest BCUT2D eigenvalue weighted by molar-refractivity contribution is 5.39. The van der Waals surface area contributed by atoms with Crippen molar-refractivity contribution in [1.29, 1.82) is 0 Å². The van der Waals surface area contributed by atoms with Crippen LogP contribution < -0.4 is 15.0 Å². The predicted molar refractivity (Wildman–Crippen MR) is 69.1 cm³/mol. The topological polar surface area (TPSA) is 59.5 Å². The van der Waals surface area contributed by atoms with Gasteiger partial charge in [-0.25, -0.2) is 0 Å². The molecule has 0 radical (unpaired) electrons. The number of nitrogens with zero attached hydrogens (tertiary/aromatic N) is 3. The van der Waals surface area contributed by atoms with Crippen molar-refractivity contribution in [3.8, 4) is 5.88 Å². The fourth-order valence-electron chi connectivity index (χ4n) is 2.01. The Morgan fingerprint density at radius 2 is 2.44 bits per heavy atom. The number of nitrogens with one attached hydrogen (secondary N) is 1. The first-order valence-electron chi connectivity index (χ1n) is 6.26. The summed E-state index contributed by atoms with van der Waals surface area (Å²) < 4.78 is 10.6. The summed E-state index contributed by atoms with van der Waals surface area (Å²) in [5, 5.41) is 3.35. The van der Waals surface area contributed by atoms with E-state index in [-0.39, 0.29) is 0 Å². The third kappa shape index (κ3) is 3.08. The standard InChI is InChI=1S/C12H20N4O2/c1-3-13-6-10-9-18-5-4-16(10)11-7-14-8-12(15-11)17-2/h7-8,10,13H,3-6,9H2,1-2H3. The Morgan fingerprint density at radius 1 is 1.56 bits per heavy atom. The molecule has 2 heterocycles. The third-order valence-corrected chi connectivity index (χ3v) is 2.96. The van der Waals surface area contributed by atoms with Gasteiger partial charge in [0.15, 0.2) is 5.82 Å². The zero-order valence-corrected chi connectivity index (χ0v) is 10.9. The molecular weight excluding hydrogens is 232 g/mol. The summed E-state index contributed by atoms with van der Waals surface area (Å²) in [6, 6.07) is 0.292. The molecule has 1 saturated heterocycles. The Morgan fingerprint density at radius 3 is 3.22 bits per heavy atom. The van der Waals surface area contributed by atoms with Crippen molar-refractivity contribution < 1.29 is 9.47 Å². The number of morpholine rings is 1. The average Bonchev–Trinajstić information content (AvgIpc) is 2.45. The van der Waals surface area contributed by atoms with Gasteiger partial charge in [0.1, 0.15) is 0 Å². The monoisotopic (exact) mass is 252 g/mol. The van der Waals surface area contributed by atoms with Crippen LogP contribution in [0.1, 0.15) is 6.92 Å². The van der Waals surface area contributed by atoms with E-state index in [2.05, 4.69) is 27.1 Å². The minimum atomic E-state index is 0.292. The number of likely N-dealkylation sites (N-methyl/N-ethyl adjacent to an activating group) is 1. The fourth-order valence-corrected chi connectivity index (χ4v) is 2.01. The quantitative estimate of drug-likeness (QED) is 0.813. The Labute approximate surface area is 107 Å². The molecule has 18 heavy (non-hydrogen) atoms. The molecule has 1 fully saturated rings. The van der Waals surface area contributed by atoms with Crippen molar-refractivity contribution in [3.63, 3.8) is 0 Å². The van der Waals surface area contributed by atoms with Crippen molar-refractivity contribution in [1.82, 2.24) is 15.3 Å². The van der Waals surface area contributed by atoms with Crippen LogP contribution in [-0.4, -0.2) is 56.0 Å². The molecule has 1 unspecified atom stereocenters. The van der Waals surface area contributed by atoms with Gasteiger partial charge in [0.25, 0.3) is 0 Å². The average molecular weight is 252 g/mol. The van der Waals surface area contributed by atoms with E-state index in [9.17, 15) is 0 Å². The lowest BCUT2D eigenvalue weighted by Gasteiger charge is -2.36. The molecule has 100 valence electrons. The predicted octanol–water partition coefficient (Wildman–Crippen LogP) is 0.300. The van der Waals surface area contributed by atoms with E-state index in [1.807, 2.05) is 0 Å². The van der Waals surface area contributed by atoms with Crippen LogP contribution in [0.3, 0.4) is 0 Å². The highest BCUT2D eigenvalue weighted by atomic mass is 16.5. The molecular formula is C12H20N4O2. The van der Waals surface area contributed by atoms with Crippen molar-refractivity contribution in [3.05, 3.63) is 12.4 Å². The van der Waals surface area contributed by atoms with Gasteiger partial charge in [-0.2, -0.15) is 4.98 Å². The maximum Gasteiger partial charge on any atom is 0.233 e. The second-order valence-corrected chi connectivity index (χ2v) is 4.15. The second kappa shape index (κ2) is 6.51.